The van der Waals surface area contributed by atoms with Crippen molar-refractivity contribution in [3.8, 4) is 34.3 Å². The second-order valence-electron chi connectivity index (χ2n) is 6.06. The van der Waals surface area contributed by atoms with Crippen molar-refractivity contribution in [3.05, 3.63) is 36.2 Å². The molecule has 0 bridgehead atoms. The van der Waals surface area contributed by atoms with Crippen LogP contribution >= 0.6 is 0 Å². The fourth-order valence-electron chi connectivity index (χ4n) is 3.06. The highest BCUT2D eigenvalue weighted by molar-refractivity contribution is 5.95. The monoisotopic (exact) mass is 366 g/mol. The van der Waals surface area contributed by atoms with Gasteiger partial charge in [0.05, 0.1) is 11.2 Å². The van der Waals surface area contributed by atoms with Gasteiger partial charge in [-0.2, -0.15) is 0 Å². The van der Waals surface area contributed by atoms with Gasteiger partial charge in [0.1, 0.15) is 0 Å². The summed E-state index contributed by atoms with van der Waals surface area (Å²) < 4.78 is 26.9. The van der Waals surface area contributed by atoms with E-state index in [-0.39, 0.29) is 20.2 Å². The lowest BCUT2D eigenvalue weighted by atomic mass is 10.0. The van der Waals surface area contributed by atoms with Crippen molar-refractivity contribution in [1.29, 1.82) is 0 Å². The molecule has 0 fully saturated rings. The fraction of sp³-hybridized carbons (Fsp3) is 0.211. The molecule has 0 unspecified atom stereocenters. The van der Waals surface area contributed by atoms with Crippen LogP contribution in [0.4, 0.5) is 0 Å². The molecule has 3 aromatic rings. The van der Waals surface area contributed by atoms with Crippen molar-refractivity contribution in [1.82, 2.24) is 9.97 Å². The highest BCUT2D eigenvalue weighted by Gasteiger charge is 2.21. The minimum atomic E-state index is -0.394. The molecule has 0 N–H and O–H groups in total. The van der Waals surface area contributed by atoms with Crippen molar-refractivity contribution >= 4 is 16.9 Å². The van der Waals surface area contributed by atoms with Gasteiger partial charge in [-0.1, -0.05) is 0 Å². The summed E-state index contributed by atoms with van der Waals surface area (Å²) in [6, 6.07) is 9.25. The zero-order valence-electron chi connectivity index (χ0n) is 14.4. The molecule has 0 saturated carbocycles. The normalized spacial score (nSPS) is 13.8. The lowest BCUT2D eigenvalue weighted by molar-refractivity contribution is -0.142. The molecule has 0 spiro atoms. The Bertz CT molecular complexity index is 1080. The lowest BCUT2D eigenvalue weighted by Gasteiger charge is -2.10. The predicted octanol–water partition coefficient (Wildman–Crippen LogP) is 2.82. The number of hydrogen-bond donors (Lipinski definition) is 0. The molecule has 136 valence electrons. The van der Waals surface area contributed by atoms with E-state index in [0.29, 0.717) is 40.0 Å². The molecular formula is C19H14N2O6. The highest BCUT2D eigenvalue weighted by atomic mass is 16.7. The zero-order chi connectivity index (χ0) is 18.4. The summed E-state index contributed by atoms with van der Waals surface area (Å²) in [4.78, 5) is 20.3. The van der Waals surface area contributed by atoms with Crippen LogP contribution in [0.2, 0.25) is 0 Å². The molecule has 3 heterocycles. The maximum absolute atomic E-state index is 11.2. The number of carbonyl (C=O) groups is 1. The third kappa shape index (κ3) is 2.75. The minimum absolute atomic E-state index is 0.0166. The molecule has 2 aromatic carbocycles. The fourth-order valence-corrected chi connectivity index (χ4v) is 3.06. The molecule has 2 aliphatic rings. The Morgan fingerprint density at radius 3 is 2.44 bits per heavy atom. The third-order valence-corrected chi connectivity index (χ3v) is 4.29. The largest absolute Gasteiger partial charge is 0.458 e. The van der Waals surface area contributed by atoms with E-state index in [1.54, 1.807) is 6.07 Å². The number of benzene rings is 2. The maximum atomic E-state index is 11.2. The molecule has 0 amide bonds. The Balaban J connectivity index is 1.69. The molecule has 5 rings (SSSR count). The van der Waals surface area contributed by atoms with Crippen LogP contribution in [0.15, 0.2) is 30.3 Å². The average Bonchev–Trinajstić information content (AvgIpc) is 3.31. The van der Waals surface area contributed by atoms with E-state index in [9.17, 15) is 4.79 Å². The van der Waals surface area contributed by atoms with Crippen LogP contribution in [-0.4, -0.2) is 29.5 Å². The Hall–Kier alpha value is -3.55. The number of carbonyl (C=O) groups excluding carboxylic acids is 1. The molecule has 1 aromatic heterocycles. The van der Waals surface area contributed by atoms with Gasteiger partial charge in [-0.15, -0.1) is 0 Å². The zero-order valence-corrected chi connectivity index (χ0v) is 14.4. The second kappa shape index (κ2) is 6.01. The van der Waals surface area contributed by atoms with Gasteiger partial charge < -0.3 is 23.7 Å². The molecule has 0 aliphatic carbocycles. The van der Waals surface area contributed by atoms with Crippen LogP contribution in [0.3, 0.4) is 0 Å². The summed E-state index contributed by atoms with van der Waals surface area (Å²) in [5.41, 5.74) is 2.18. The van der Waals surface area contributed by atoms with Crippen LogP contribution in [0.25, 0.3) is 22.2 Å². The summed E-state index contributed by atoms with van der Waals surface area (Å²) in [5.74, 6) is 2.60. The Morgan fingerprint density at radius 2 is 1.67 bits per heavy atom. The number of nitrogens with zero attached hydrogens (tertiary/aromatic N) is 2. The van der Waals surface area contributed by atoms with E-state index in [2.05, 4.69) is 9.97 Å². The predicted molar refractivity (Wildman–Crippen MR) is 92.7 cm³/mol. The van der Waals surface area contributed by atoms with Gasteiger partial charge >= 0.3 is 5.97 Å². The van der Waals surface area contributed by atoms with Gasteiger partial charge in [0.25, 0.3) is 0 Å². The van der Waals surface area contributed by atoms with Gasteiger partial charge in [0, 0.05) is 23.9 Å². The van der Waals surface area contributed by atoms with Crippen molar-refractivity contribution in [2.75, 3.05) is 13.6 Å². The van der Waals surface area contributed by atoms with Crippen molar-refractivity contribution in [2.24, 2.45) is 0 Å². The first-order valence-corrected chi connectivity index (χ1v) is 8.31. The van der Waals surface area contributed by atoms with Gasteiger partial charge in [0.2, 0.25) is 13.6 Å². The van der Waals surface area contributed by atoms with Crippen molar-refractivity contribution < 1.29 is 28.5 Å². The number of rotatable bonds is 3. The SMILES string of the molecule is CC(=O)OCc1nc(-c2ccc3c(c2)OCO3)c2cc3c(cc2n1)OCO3. The molecule has 0 radical (unpaired) electrons. The summed E-state index contributed by atoms with van der Waals surface area (Å²) in [7, 11) is 0. The third-order valence-electron chi connectivity index (χ3n) is 4.29. The van der Waals surface area contributed by atoms with E-state index in [1.807, 2.05) is 24.3 Å². The molecule has 8 heteroatoms. The number of aromatic nitrogens is 2. The number of esters is 1. The highest BCUT2D eigenvalue weighted by Crippen LogP contribution is 2.41. The summed E-state index contributed by atoms with van der Waals surface area (Å²) in [6.45, 7) is 1.69. The Morgan fingerprint density at radius 1 is 0.963 bits per heavy atom. The number of hydrogen-bond acceptors (Lipinski definition) is 8. The first-order chi connectivity index (χ1) is 13.2. The lowest BCUT2D eigenvalue weighted by Crippen LogP contribution is -2.04. The second-order valence-corrected chi connectivity index (χ2v) is 6.06. The van der Waals surface area contributed by atoms with Crippen LogP contribution in [0.5, 0.6) is 23.0 Å². The van der Waals surface area contributed by atoms with E-state index < -0.39 is 5.97 Å². The maximum Gasteiger partial charge on any atom is 0.303 e. The van der Waals surface area contributed by atoms with Crippen molar-refractivity contribution in [3.63, 3.8) is 0 Å². The first kappa shape index (κ1) is 15.7. The van der Waals surface area contributed by atoms with E-state index in [4.69, 9.17) is 23.7 Å². The first-order valence-electron chi connectivity index (χ1n) is 8.31. The Kier molecular flexibility index (Phi) is 3.49. The van der Waals surface area contributed by atoms with Gasteiger partial charge in [-0.25, -0.2) is 9.97 Å². The molecular weight excluding hydrogens is 352 g/mol. The van der Waals surface area contributed by atoms with E-state index in [1.165, 1.54) is 6.92 Å². The smallest absolute Gasteiger partial charge is 0.303 e. The summed E-state index contributed by atoms with van der Waals surface area (Å²) in [6.07, 6.45) is 0. The van der Waals surface area contributed by atoms with E-state index >= 15 is 0 Å². The summed E-state index contributed by atoms with van der Waals surface area (Å²) >= 11 is 0. The van der Waals surface area contributed by atoms with Crippen LogP contribution in [0.1, 0.15) is 12.7 Å². The van der Waals surface area contributed by atoms with Crippen molar-refractivity contribution in [2.45, 2.75) is 13.5 Å². The Labute approximate surface area is 153 Å². The van der Waals surface area contributed by atoms with Gasteiger partial charge in [-0.05, 0) is 24.3 Å². The molecule has 0 atom stereocenters. The van der Waals surface area contributed by atoms with Crippen LogP contribution in [-0.2, 0) is 16.1 Å². The van der Waals surface area contributed by atoms with Crippen LogP contribution < -0.4 is 18.9 Å². The van der Waals surface area contributed by atoms with E-state index in [0.717, 1.165) is 10.9 Å². The molecule has 2 aliphatic heterocycles. The summed E-state index contributed by atoms with van der Waals surface area (Å²) in [5, 5.41) is 0.796. The quantitative estimate of drug-likeness (QED) is 0.654. The minimum Gasteiger partial charge on any atom is -0.458 e. The average molecular weight is 366 g/mol. The van der Waals surface area contributed by atoms with Crippen LogP contribution in [0, 0.1) is 0 Å². The van der Waals surface area contributed by atoms with Gasteiger partial charge in [0.15, 0.2) is 35.4 Å². The topological polar surface area (TPSA) is 89.0 Å². The molecule has 27 heavy (non-hydrogen) atoms. The molecule has 0 saturated heterocycles. The number of ether oxygens (including phenoxy) is 5. The number of fused-ring (bicyclic) bond motifs is 3. The standard InChI is InChI=1S/C19H14N2O6/c1-10(22)23-7-18-20-13-6-17-16(26-9-27-17)5-12(13)19(21-18)11-2-3-14-15(4-11)25-8-24-14/h2-6H,7-9H2,1H3. The van der Waals surface area contributed by atoms with Gasteiger partial charge in [-0.3, -0.25) is 4.79 Å². The molecule has 8 nitrogen and oxygen atoms in total.